The fourth-order valence-corrected chi connectivity index (χ4v) is 4.22. The number of alkyl halides is 6. The van der Waals surface area contributed by atoms with Crippen molar-refractivity contribution in [2.75, 3.05) is 11.4 Å². The summed E-state index contributed by atoms with van der Waals surface area (Å²) in [6.07, 6.45) is -3.52. The number of hydrogen-bond donors (Lipinski definition) is 0. The zero-order chi connectivity index (χ0) is 30.7. The molecule has 1 aliphatic heterocycles. The Bertz CT molecular complexity index is 1600. The predicted octanol–water partition coefficient (Wildman–Crippen LogP) is 7.77. The van der Waals surface area contributed by atoms with Crippen LogP contribution in [-0.4, -0.2) is 32.4 Å². The Morgan fingerprint density at radius 1 is 0.714 bits per heavy atom. The van der Waals surface area contributed by atoms with Crippen LogP contribution >= 0.6 is 11.6 Å². The molecule has 0 atom stereocenters. The third-order valence-electron chi connectivity index (χ3n) is 5.87. The molecular formula is C27H18ClF8N5O. The molecule has 220 valence electrons. The zero-order valence-corrected chi connectivity index (χ0v) is 21.9. The minimum Gasteiger partial charge on any atom is -0.310 e. The van der Waals surface area contributed by atoms with E-state index in [9.17, 15) is 39.9 Å². The molecule has 0 bridgehead atoms. The van der Waals surface area contributed by atoms with Crippen molar-refractivity contribution < 1.29 is 39.9 Å². The van der Waals surface area contributed by atoms with Crippen LogP contribution in [0.25, 0.3) is 22.5 Å². The van der Waals surface area contributed by atoms with E-state index in [1.165, 1.54) is 30.6 Å². The summed E-state index contributed by atoms with van der Waals surface area (Å²) in [5.41, 5.74) is -2.43. The van der Waals surface area contributed by atoms with E-state index in [-0.39, 0.29) is 47.1 Å². The summed E-state index contributed by atoms with van der Waals surface area (Å²) in [7, 11) is 0. The highest BCUT2D eigenvalue weighted by atomic mass is 35.5. The molecule has 1 saturated heterocycles. The number of pyridine rings is 4. The van der Waals surface area contributed by atoms with Crippen LogP contribution < -0.4 is 4.90 Å². The Morgan fingerprint density at radius 2 is 1.24 bits per heavy atom. The van der Waals surface area contributed by atoms with Crippen molar-refractivity contribution in [1.29, 1.82) is 0 Å². The van der Waals surface area contributed by atoms with Gasteiger partial charge in [-0.3, -0.25) is 14.8 Å². The third kappa shape index (κ3) is 7.35. The Balaban J connectivity index is 0.000000201. The smallest absolute Gasteiger partial charge is 0.310 e. The second-order valence-electron chi connectivity index (χ2n) is 8.87. The molecular weight excluding hydrogens is 598 g/mol. The van der Waals surface area contributed by atoms with Crippen LogP contribution in [0.2, 0.25) is 5.02 Å². The van der Waals surface area contributed by atoms with Crippen molar-refractivity contribution in [1.82, 2.24) is 19.9 Å². The van der Waals surface area contributed by atoms with E-state index in [4.69, 9.17) is 11.6 Å². The lowest BCUT2D eigenvalue weighted by Gasteiger charge is -2.28. The first-order chi connectivity index (χ1) is 19.7. The molecule has 0 spiro atoms. The van der Waals surface area contributed by atoms with Crippen LogP contribution in [0.4, 0.5) is 40.8 Å². The minimum atomic E-state index is -4.73. The molecule has 0 radical (unpaired) electrons. The van der Waals surface area contributed by atoms with Gasteiger partial charge in [0, 0.05) is 36.5 Å². The van der Waals surface area contributed by atoms with Crippen LogP contribution in [-0.2, 0) is 17.1 Å². The van der Waals surface area contributed by atoms with Crippen molar-refractivity contribution in [3.05, 3.63) is 89.2 Å². The number of halogens is 9. The molecule has 42 heavy (non-hydrogen) atoms. The number of carbonyl (C=O) groups excluding carboxylic acids is 1. The van der Waals surface area contributed by atoms with Gasteiger partial charge in [0.2, 0.25) is 5.91 Å². The van der Waals surface area contributed by atoms with Gasteiger partial charge in [0.25, 0.3) is 0 Å². The lowest BCUT2D eigenvalue weighted by molar-refractivity contribution is -0.141. The van der Waals surface area contributed by atoms with Gasteiger partial charge in [-0.25, -0.2) is 18.7 Å². The van der Waals surface area contributed by atoms with Crippen LogP contribution in [0.15, 0.2) is 61.2 Å². The Morgan fingerprint density at radius 3 is 1.74 bits per heavy atom. The Hall–Kier alpha value is -4.20. The van der Waals surface area contributed by atoms with Gasteiger partial charge in [0.05, 0.1) is 34.5 Å². The maximum atomic E-state index is 13.4. The molecule has 0 unspecified atom stereocenters. The third-order valence-corrected chi connectivity index (χ3v) is 6.18. The molecule has 1 fully saturated rings. The minimum absolute atomic E-state index is 0.0428. The summed E-state index contributed by atoms with van der Waals surface area (Å²) in [5, 5.41) is -0.504. The first kappa shape index (κ1) is 30.8. The van der Waals surface area contributed by atoms with E-state index in [1.54, 1.807) is 0 Å². The lowest BCUT2D eigenvalue weighted by atomic mass is 10.1. The summed E-state index contributed by atoms with van der Waals surface area (Å²) in [6, 6.07) is 6.98. The Kier molecular flexibility index (Phi) is 9.04. The van der Waals surface area contributed by atoms with Gasteiger partial charge in [0.1, 0.15) is 11.6 Å². The van der Waals surface area contributed by atoms with E-state index in [2.05, 4.69) is 19.9 Å². The summed E-state index contributed by atoms with van der Waals surface area (Å²) < 4.78 is 104. The molecule has 0 saturated carbocycles. The van der Waals surface area contributed by atoms with E-state index < -0.39 is 40.4 Å². The quantitative estimate of drug-likeness (QED) is 0.220. The fourth-order valence-electron chi connectivity index (χ4n) is 4.01. The monoisotopic (exact) mass is 615 g/mol. The highest BCUT2D eigenvalue weighted by molar-refractivity contribution is 6.31. The summed E-state index contributed by atoms with van der Waals surface area (Å²) in [6.45, 7) is 0.227. The van der Waals surface area contributed by atoms with Crippen LogP contribution in [0.1, 0.15) is 30.7 Å². The van der Waals surface area contributed by atoms with Crippen LogP contribution in [0.3, 0.4) is 0 Å². The van der Waals surface area contributed by atoms with Crippen molar-refractivity contribution in [2.45, 2.75) is 31.6 Å². The number of carbonyl (C=O) groups is 1. The maximum absolute atomic E-state index is 13.4. The van der Waals surface area contributed by atoms with E-state index in [0.29, 0.717) is 12.8 Å². The molecule has 6 nitrogen and oxygen atoms in total. The van der Waals surface area contributed by atoms with Gasteiger partial charge in [0.15, 0.2) is 11.4 Å². The van der Waals surface area contributed by atoms with Gasteiger partial charge in [-0.15, -0.1) is 0 Å². The van der Waals surface area contributed by atoms with Gasteiger partial charge < -0.3 is 4.90 Å². The number of piperidine rings is 1. The number of nitrogens with zero attached hydrogens (tertiary/aromatic N) is 5. The molecule has 1 amide bonds. The first-order valence-electron chi connectivity index (χ1n) is 12.1. The normalized spacial score (nSPS) is 13.9. The number of amides is 1. The molecule has 0 aliphatic carbocycles. The van der Waals surface area contributed by atoms with Gasteiger partial charge in [-0.2, -0.15) is 26.3 Å². The molecule has 0 aromatic carbocycles. The summed E-state index contributed by atoms with van der Waals surface area (Å²) in [5.74, 6) is -1.68. The largest absolute Gasteiger partial charge is 0.435 e. The van der Waals surface area contributed by atoms with Crippen LogP contribution in [0.5, 0.6) is 0 Å². The van der Waals surface area contributed by atoms with Crippen molar-refractivity contribution >= 4 is 23.2 Å². The van der Waals surface area contributed by atoms with Gasteiger partial charge >= 0.3 is 12.4 Å². The van der Waals surface area contributed by atoms with Crippen molar-refractivity contribution in [2.24, 2.45) is 0 Å². The second kappa shape index (κ2) is 12.3. The standard InChI is InChI=1S/C16H13F4N3O.C11H5ClF4N2/c17-11-7-10(8-21-9-11)12-4-5-13(15(22-12)16(18,19)20)23-6-2-1-3-14(23)24;12-8-1-2-9(18-10(8)11(14,15)16)6-3-7(13)5-17-4-6/h4-5,7-9H,1-3,6H2;1-5H. The zero-order valence-electron chi connectivity index (χ0n) is 21.1. The van der Waals surface area contributed by atoms with Crippen LogP contribution in [0, 0.1) is 11.6 Å². The number of hydrogen-bond acceptors (Lipinski definition) is 5. The lowest BCUT2D eigenvalue weighted by Crippen LogP contribution is -2.36. The first-order valence-corrected chi connectivity index (χ1v) is 12.5. The molecule has 5 heterocycles. The van der Waals surface area contributed by atoms with Crippen molar-refractivity contribution in [3.63, 3.8) is 0 Å². The number of anilines is 1. The molecule has 4 aromatic rings. The predicted molar refractivity (Wildman–Crippen MR) is 136 cm³/mol. The van der Waals surface area contributed by atoms with Gasteiger partial charge in [-0.1, -0.05) is 11.6 Å². The summed E-state index contributed by atoms with van der Waals surface area (Å²) in [4.78, 5) is 27.3. The fraction of sp³-hybridized carbons (Fsp3) is 0.222. The topological polar surface area (TPSA) is 71.9 Å². The highest BCUT2D eigenvalue weighted by Crippen LogP contribution is 2.38. The van der Waals surface area contributed by atoms with E-state index >= 15 is 0 Å². The number of rotatable bonds is 3. The maximum Gasteiger partial charge on any atom is 0.435 e. The average Bonchev–Trinajstić information content (AvgIpc) is 2.93. The molecule has 1 aliphatic rings. The van der Waals surface area contributed by atoms with E-state index in [1.807, 2.05) is 0 Å². The highest BCUT2D eigenvalue weighted by Gasteiger charge is 2.39. The molecule has 0 N–H and O–H groups in total. The van der Waals surface area contributed by atoms with E-state index in [0.717, 1.165) is 35.5 Å². The summed E-state index contributed by atoms with van der Waals surface area (Å²) >= 11 is 5.43. The molecule has 15 heteroatoms. The van der Waals surface area contributed by atoms with Crippen molar-refractivity contribution in [3.8, 4) is 22.5 Å². The average molecular weight is 616 g/mol. The van der Waals surface area contributed by atoms with Gasteiger partial charge in [-0.05, 0) is 49.2 Å². The number of aromatic nitrogens is 4. The molecule has 5 rings (SSSR count). The molecule has 4 aromatic heterocycles. The SMILES string of the molecule is Fc1cncc(-c2ccc(Cl)c(C(F)(F)F)n2)c1.O=C1CCCCN1c1ccc(-c2cncc(F)c2)nc1C(F)(F)F. The Labute approximate surface area is 238 Å². The second-order valence-corrected chi connectivity index (χ2v) is 9.28.